The molecular formula is C18H20N2O3. The van der Waals surface area contributed by atoms with Gasteiger partial charge in [0.25, 0.3) is 5.91 Å². The van der Waals surface area contributed by atoms with Crippen molar-refractivity contribution < 1.29 is 14.3 Å². The summed E-state index contributed by atoms with van der Waals surface area (Å²) in [5.41, 5.74) is 2.71. The van der Waals surface area contributed by atoms with Crippen LogP contribution in [0.5, 0.6) is 5.75 Å². The van der Waals surface area contributed by atoms with E-state index in [1.54, 1.807) is 24.3 Å². The largest absolute Gasteiger partial charge is 0.492 e. The number of hydrogen-bond acceptors (Lipinski definition) is 3. The molecule has 0 atom stereocenters. The van der Waals surface area contributed by atoms with E-state index in [2.05, 4.69) is 10.6 Å². The number of carbonyl (C=O) groups is 2. The predicted octanol–water partition coefficient (Wildman–Crippen LogP) is 3.60. The lowest BCUT2D eigenvalue weighted by atomic mass is 10.1. The second-order valence-electron chi connectivity index (χ2n) is 5.15. The normalized spacial score (nSPS) is 10.0. The topological polar surface area (TPSA) is 67.4 Å². The molecule has 0 radical (unpaired) electrons. The number of hydrogen-bond donors (Lipinski definition) is 2. The van der Waals surface area contributed by atoms with Crippen molar-refractivity contribution in [2.75, 3.05) is 17.2 Å². The first kappa shape index (κ1) is 16.5. The Morgan fingerprint density at radius 2 is 1.87 bits per heavy atom. The van der Waals surface area contributed by atoms with E-state index in [4.69, 9.17) is 4.74 Å². The standard InChI is InChI=1S/C18H20N2O3/c1-4-23-17-10-12(2)8-9-16(17)20-18(22)14-6-5-7-15(11-14)19-13(3)21/h5-11H,4H2,1-3H3,(H,19,21)(H,20,22). The number of ether oxygens (including phenoxy) is 1. The molecule has 0 heterocycles. The van der Waals surface area contributed by atoms with Crippen LogP contribution in [0.15, 0.2) is 42.5 Å². The van der Waals surface area contributed by atoms with Crippen molar-refractivity contribution in [2.45, 2.75) is 20.8 Å². The van der Waals surface area contributed by atoms with E-state index in [0.717, 1.165) is 5.56 Å². The number of amides is 2. The van der Waals surface area contributed by atoms with Gasteiger partial charge < -0.3 is 15.4 Å². The molecule has 0 unspecified atom stereocenters. The summed E-state index contributed by atoms with van der Waals surface area (Å²) in [5.74, 6) is 0.195. The summed E-state index contributed by atoms with van der Waals surface area (Å²) in [4.78, 5) is 23.5. The molecule has 0 saturated carbocycles. The fourth-order valence-electron chi connectivity index (χ4n) is 2.14. The third-order valence-corrected chi connectivity index (χ3v) is 3.13. The molecule has 2 aromatic carbocycles. The fourth-order valence-corrected chi connectivity index (χ4v) is 2.14. The minimum atomic E-state index is -0.262. The van der Waals surface area contributed by atoms with Gasteiger partial charge in [-0.15, -0.1) is 0 Å². The van der Waals surface area contributed by atoms with Crippen LogP contribution in [0.3, 0.4) is 0 Å². The van der Waals surface area contributed by atoms with E-state index < -0.39 is 0 Å². The molecule has 0 saturated heterocycles. The van der Waals surface area contributed by atoms with Crippen molar-refractivity contribution in [3.8, 4) is 5.75 Å². The minimum absolute atomic E-state index is 0.181. The third-order valence-electron chi connectivity index (χ3n) is 3.13. The van der Waals surface area contributed by atoms with Crippen LogP contribution in [-0.2, 0) is 4.79 Å². The van der Waals surface area contributed by atoms with Crippen LogP contribution in [-0.4, -0.2) is 18.4 Å². The molecule has 0 aliphatic rings. The van der Waals surface area contributed by atoms with Crippen LogP contribution in [0, 0.1) is 6.92 Å². The molecule has 2 amide bonds. The lowest BCUT2D eigenvalue weighted by Gasteiger charge is -2.13. The highest BCUT2D eigenvalue weighted by molar-refractivity contribution is 6.06. The van der Waals surface area contributed by atoms with Crippen LogP contribution < -0.4 is 15.4 Å². The molecule has 0 aromatic heterocycles. The minimum Gasteiger partial charge on any atom is -0.492 e. The maximum atomic E-state index is 12.4. The number of rotatable bonds is 5. The number of benzene rings is 2. The number of nitrogens with one attached hydrogen (secondary N) is 2. The van der Waals surface area contributed by atoms with Crippen LogP contribution in [0.2, 0.25) is 0 Å². The molecule has 5 nitrogen and oxygen atoms in total. The highest BCUT2D eigenvalue weighted by atomic mass is 16.5. The van der Waals surface area contributed by atoms with Gasteiger partial charge in [-0.3, -0.25) is 9.59 Å². The van der Waals surface area contributed by atoms with Crippen molar-refractivity contribution >= 4 is 23.2 Å². The van der Waals surface area contributed by atoms with Gasteiger partial charge in [0, 0.05) is 18.2 Å². The molecule has 2 N–H and O–H groups in total. The summed E-state index contributed by atoms with van der Waals surface area (Å²) < 4.78 is 5.56. The zero-order valence-corrected chi connectivity index (χ0v) is 13.5. The Balaban J connectivity index is 2.20. The van der Waals surface area contributed by atoms with Gasteiger partial charge in [-0.1, -0.05) is 12.1 Å². The summed E-state index contributed by atoms with van der Waals surface area (Å²) in [5, 5.41) is 5.50. The first-order chi connectivity index (χ1) is 11.0. The SMILES string of the molecule is CCOc1cc(C)ccc1NC(=O)c1cccc(NC(C)=O)c1. The van der Waals surface area contributed by atoms with Crippen molar-refractivity contribution in [1.82, 2.24) is 0 Å². The van der Waals surface area contributed by atoms with Gasteiger partial charge in [-0.05, 0) is 49.7 Å². The summed E-state index contributed by atoms with van der Waals surface area (Å²) in [6.45, 7) is 5.80. The summed E-state index contributed by atoms with van der Waals surface area (Å²) in [6, 6.07) is 12.4. The van der Waals surface area contributed by atoms with Gasteiger partial charge >= 0.3 is 0 Å². The van der Waals surface area contributed by atoms with Crippen LogP contribution in [0.4, 0.5) is 11.4 Å². The van der Waals surface area contributed by atoms with Gasteiger partial charge in [-0.25, -0.2) is 0 Å². The smallest absolute Gasteiger partial charge is 0.255 e. The molecule has 23 heavy (non-hydrogen) atoms. The van der Waals surface area contributed by atoms with Gasteiger partial charge in [0.1, 0.15) is 5.75 Å². The first-order valence-corrected chi connectivity index (χ1v) is 7.42. The van der Waals surface area contributed by atoms with Gasteiger partial charge in [0.2, 0.25) is 5.91 Å². The highest BCUT2D eigenvalue weighted by Crippen LogP contribution is 2.26. The van der Waals surface area contributed by atoms with E-state index in [9.17, 15) is 9.59 Å². The van der Waals surface area contributed by atoms with E-state index in [1.807, 2.05) is 32.0 Å². The van der Waals surface area contributed by atoms with Crippen LogP contribution >= 0.6 is 0 Å². The maximum Gasteiger partial charge on any atom is 0.255 e. The van der Waals surface area contributed by atoms with Crippen LogP contribution in [0.25, 0.3) is 0 Å². The van der Waals surface area contributed by atoms with Crippen molar-refractivity contribution in [1.29, 1.82) is 0 Å². The molecule has 0 spiro atoms. The molecule has 5 heteroatoms. The molecule has 120 valence electrons. The number of aryl methyl sites for hydroxylation is 1. The second kappa shape index (κ2) is 7.45. The van der Waals surface area contributed by atoms with Gasteiger partial charge in [-0.2, -0.15) is 0 Å². The zero-order valence-electron chi connectivity index (χ0n) is 13.5. The maximum absolute atomic E-state index is 12.4. The number of carbonyl (C=O) groups excluding carboxylic acids is 2. The van der Waals surface area contributed by atoms with E-state index in [1.165, 1.54) is 6.92 Å². The Morgan fingerprint density at radius 3 is 2.57 bits per heavy atom. The van der Waals surface area contributed by atoms with Crippen molar-refractivity contribution in [2.24, 2.45) is 0 Å². The molecule has 0 aliphatic heterocycles. The zero-order chi connectivity index (χ0) is 16.8. The van der Waals surface area contributed by atoms with Gasteiger partial charge in [0.15, 0.2) is 0 Å². The molecule has 0 fully saturated rings. The summed E-state index contributed by atoms with van der Waals surface area (Å²) >= 11 is 0. The third kappa shape index (κ3) is 4.57. The lowest BCUT2D eigenvalue weighted by molar-refractivity contribution is -0.114. The predicted molar refractivity (Wildman–Crippen MR) is 91.0 cm³/mol. The Labute approximate surface area is 135 Å². The Hall–Kier alpha value is -2.82. The Morgan fingerprint density at radius 1 is 1.09 bits per heavy atom. The van der Waals surface area contributed by atoms with Gasteiger partial charge in [0.05, 0.1) is 12.3 Å². The molecular weight excluding hydrogens is 292 g/mol. The van der Waals surface area contributed by atoms with E-state index in [0.29, 0.717) is 29.3 Å². The molecule has 2 aromatic rings. The monoisotopic (exact) mass is 312 g/mol. The Bertz CT molecular complexity index is 726. The average Bonchev–Trinajstić information content (AvgIpc) is 2.50. The Kier molecular flexibility index (Phi) is 5.36. The van der Waals surface area contributed by atoms with Crippen molar-refractivity contribution in [3.05, 3.63) is 53.6 Å². The van der Waals surface area contributed by atoms with Crippen molar-refractivity contribution in [3.63, 3.8) is 0 Å². The first-order valence-electron chi connectivity index (χ1n) is 7.42. The lowest BCUT2D eigenvalue weighted by Crippen LogP contribution is -2.14. The summed E-state index contributed by atoms with van der Waals surface area (Å²) in [7, 11) is 0. The van der Waals surface area contributed by atoms with E-state index in [-0.39, 0.29) is 11.8 Å². The average molecular weight is 312 g/mol. The quantitative estimate of drug-likeness (QED) is 0.886. The summed E-state index contributed by atoms with van der Waals surface area (Å²) in [6.07, 6.45) is 0. The molecule has 2 rings (SSSR count). The number of anilines is 2. The van der Waals surface area contributed by atoms with Crippen LogP contribution in [0.1, 0.15) is 29.8 Å². The fraction of sp³-hybridized carbons (Fsp3) is 0.222. The van der Waals surface area contributed by atoms with E-state index >= 15 is 0 Å². The second-order valence-corrected chi connectivity index (χ2v) is 5.15. The highest BCUT2D eigenvalue weighted by Gasteiger charge is 2.11. The molecule has 0 aliphatic carbocycles. The molecule has 0 bridgehead atoms.